The lowest BCUT2D eigenvalue weighted by atomic mass is 10.0. The average molecular weight is 329 g/mol. The predicted molar refractivity (Wildman–Crippen MR) is 99.1 cm³/mol. The van der Waals surface area contributed by atoms with E-state index >= 15 is 0 Å². The van der Waals surface area contributed by atoms with Crippen molar-refractivity contribution >= 4 is 11.6 Å². The summed E-state index contributed by atoms with van der Waals surface area (Å²) < 4.78 is 0. The SMILES string of the molecule is CN1CCN(CCCc2ccc(-c3ccccc3Cl)cc2)CC1. The predicted octanol–water partition coefficient (Wildman–Crippen LogP) is 4.19. The fourth-order valence-electron chi connectivity index (χ4n) is 3.12. The van der Waals surface area contributed by atoms with E-state index in [-0.39, 0.29) is 0 Å². The molecule has 0 bridgehead atoms. The Labute approximate surface area is 144 Å². The van der Waals surface area contributed by atoms with E-state index in [1.165, 1.54) is 50.3 Å². The standard InChI is InChI=1S/C20H25ClN2/c1-22-13-15-23(16-14-22)12-4-5-17-8-10-18(11-9-17)19-6-2-3-7-20(19)21/h2-3,6-11H,4-5,12-16H2,1H3. The van der Waals surface area contributed by atoms with Gasteiger partial charge in [0.1, 0.15) is 0 Å². The van der Waals surface area contributed by atoms with Crippen molar-refractivity contribution in [2.75, 3.05) is 39.8 Å². The monoisotopic (exact) mass is 328 g/mol. The third-order valence-corrected chi connectivity index (χ3v) is 5.00. The third-order valence-electron chi connectivity index (χ3n) is 4.67. The Bertz CT molecular complexity index is 616. The Morgan fingerprint density at radius 2 is 1.61 bits per heavy atom. The zero-order valence-electron chi connectivity index (χ0n) is 13.8. The zero-order valence-corrected chi connectivity index (χ0v) is 14.6. The number of nitrogens with zero attached hydrogens (tertiary/aromatic N) is 2. The highest BCUT2D eigenvalue weighted by Crippen LogP contribution is 2.27. The van der Waals surface area contributed by atoms with E-state index in [1.807, 2.05) is 18.2 Å². The molecule has 1 aliphatic heterocycles. The van der Waals surface area contributed by atoms with Crippen LogP contribution in [0.15, 0.2) is 48.5 Å². The molecular formula is C20H25ClN2. The molecule has 3 heteroatoms. The van der Waals surface area contributed by atoms with Crippen LogP contribution < -0.4 is 0 Å². The molecule has 0 atom stereocenters. The average Bonchev–Trinajstić information content (AvgIpc) is 2.58. The minimum atomic E-state index is 0.815. The van der Waals surface area contributed by atoms with E-state index in [1.54, 1.807) is 0 Å². The Morgan fingerprint density at radius 3 is 2.30 bits per heavy atom. The highest BCUT2D eigenvalue weighted by molar-refractivity contribution is 6.33. The maximum Gasteiger partial charge on any atom is 0.0484 e. The van der Waals surface area contributed by atoms with Crippen molar-refractivity contribution in [3.05, 3.63) is 59.1 Å². The maximum absolute atomic E-state index is 6.27. The molecule has 3 rings (SSSR count). The van der Waals surface area contributed by atoms with Crippen molar-refractivity contribution in [2.24, 2.45) is 0 Å². The molecule has 23 heavy (non-hydrogen) atoms. The van der Waals surface area contributed by atoms with E-state index in [0.29, 0.717) is 0 Å². The van der Waals surface area contributed by atoms with Crippen LogP contribution in [-0.2, 0) is 6.42 Å². The summed E-state index contributed by atoms with van der Waals surface area (Å²) in [4.78, 5) is 4.99. The van der Waals surface area contributed by atoms with Crippen LogP contribution in [0.2, 0.25) is 5.02 Å². The molecule has 0 aromatic heterocycles. The van der Waals surface area contributed by atoms with Gasteiger partial charge in [-0.1, -0.05) is 54.1 Å². The highest BCUT2D eigenvalue weighted by atomic mass is 35.5. The first kappa shape index (κ1) is 16.5. The van der Waals surface area contributed by atoms with Crippen LogP contribution in [0.25, 0.3) is 11.1 Å². The molecule has 0 amide bonds. The second-order valence-corrected chi connectivity index (χ2v) is 6.83. The summed E-state index contributed by atoms with van der Waals surface area (Å²) in [6.07, 6.45) is 2.38. The van der Waals surface area contributed by atoms with Crippen molar-refractivity contribution in [3.63, 3.8) is 0 Å². The summed E-state index contributed by atoms with van der Waals surface area (Å²) in [5.41, 5.74) is 3.71. The van der Waals surface area contributed by atoms with Gasteiger partial charge in [0.05, 0.1) is 0 Å². The number of halogens is 1. The summed E-state index contributed by atoms with van der Waals surface area (Å²) in [6.45, 7) is 6.03. The van der Waals surface area contributed by atoms with Crippen molar-refractivity contribution < 1.29 is 0 Å². The lowest BCUT2D eigenvalue weighted by Gasteiger charge is -2.32. The summed E-state index contributed by atoms with van der Waals surface area (Å²) in [5, 5.41) is 0.815. The minimum Gasteiger partial charge on any atom is -0.304 e. The minimum absolute atomic E-state index is 0.815. The third kappa shape index (κ3) is 4.57. The Kier molecular flexibility index (Phi) is 5.71. The molecule has 1 saturated heterocycles. The summed E-state index contributed by atoms with van der Waals surface area (Å²) in [7, 11) is 2.21. The van der Waals surface area contributed by atoms with Gasteiger partial charge in [0.25, 0.3) is 0 Å². The van der Waals surface area contributed by atoms with Crippen LogP contribution in [0.3, 0.4) is 0 Å². The molecule has 1 fully saturated rings. The molecule has 0 spiro atoms. The van der Waals surface area contributed by atoms with Crippen molar-refractivity contribution in [1.29, 1.82) is 0 Å². The van der Waals surface area contributed by atoms with Gasteiger partial charge in [0.15, 0.2) is 0 Å². The van der Waals surface area contributed by atoms with Gasteiger partial charge in [-0.05, 0) is 43.6 Å². The van der Waals surface area contributed by atoms with Gasteiger partial charge < -0.3 is 9.80 Å². The fraction of sp³-hybridized carbons (Fsp3) is 0.400. The molecule has 0 radical (unpaired) electrons. The van der Waals surface area contributed by atoms with Gasteiger partial charge in [-0.15, -0.1) is 0 Å². The Hall–Kier alpha value is -1.35. The first-order chi connectivity index (χ1) is 11.2. The van der Waals surface area contributed by atoms with Crippen LogP contribution in [0.5, 0.6) is 0 Å². The van der Waals surface area contributed by atoms with Gasteiger partial charge in [-0.25, -0.2) is 0 Å². The number of benzene rings is 2. The number of hydrogen-bond acceptors (Lipinski definition) is 2. The molecule has 1 aliphatic rings. The molecule has 2 aromatic rings. The molecule has 122 valence electrons. The molecule has 0 unspecified atom stereocenters. The molecule has 1 heterocycles. The van der Waals surface area contributed by atoms with E-state index in [4.69, 9.17) is 11.6 Å². The molecule has 2 nitrogen and oxygen atoms in total. The van der Waals surface area contributed by atoms with Crippen LogP contribution in [0, 0.1) is 0 Å². The van der Waals surface area contributed by atoms with E-state index < -0.39 is 0 Å². The largest absolute Gasteiger partial charge is 0.304 e. The fourth-order valence-corrected chi connectivity index (χ4v) is 3.37. The first-order valence-electron chi connectivity index (χ1n) is 8.47. The van der Waals surface area contributed by atoms with Gasteiger partial charge >= 0.3 is 0 Å². The second-order valence-electron chi connectivity index (χ2n) is 6.43. The van der Waals surface area contributed by atoms with Gasteiger partial charge in [-0.3, -0.25) is 0 Å². The quantitative estimate of drug-likeness (QED) is 0.812. The Morgan fingerprint density at radius 1 is 0.913 bits per heavy atom. The number of likely N-dealkylation sites (N-methyl/N-ethyl adjacent to an activating group) is 1. The molecular weight excluding hydrogens is 304 g/mol. The van der Waals surface area contributed by atoms with Crippen LogP contribution in [0.1, 0.15) is 12.0 Å². The van der Waals surface area contributed by atoms with Crippen molar-refractivity contribution in [2.45, 2.75) is 12.8 Å². The lowest BCUT2D eigenvalue weighted by molar-refractivity contribution is 0.153. The molecule has 0 saturated carbocycles. The van der Waals surface area contributed by atoms with Crippen LogP contribution >= 0.6 is 11.6 Å². The summed E-state index contributed by atoms with van der Waals surface area (Å²) >= 11 is 6.27. The molecule has 2 aromatic carbocycles. The Balaban J connectivity index is 1.51. The zero-order chi connectivity index (χ0) is 16.1. The van der Waals surface area contributed by atoms with E-state index in [2.05, 4.69) is 47.2 Å². The topological polar surface area (TPSA) is 6.48 Å². The number of aryl methyl sites for hydroxylation is 1. The second kappa shape index (κ2) is 7.96. The van der Waals surface area contributed by atoms with Crippen molar-refractivity contribution in [3.8, 4) is 11.1 Å². The van der Waals surface area contributed by atoms with Gasteiger partial charge in [-0.2, -0.15) is 0 Å². The highest BCUT2D eigenvalue weighted by Gasteiger charge is 2.12. The normalized spacial score (nSPS) is 16.6. The lowest BCUT2D eigenvalue weighted by Crippen LogP contribution is -2.44. The van der Waals surface area contributed by atoms with Crippen LogP contribution in [0.4, 0.5) is 0 Å². The smallest absolute Gasteiger partial charge is 0.0484 e. The maximum atomic E-state index is 6.27. The van der Waals surface area contributed by atoms with Crippen molar-refractivity contribution in [1.82, 2.24) is 9.80 Å². The van der Waals surface area contributed by atoms with E-state index in [0.717, 1.165) is 17.0 Å². The molecule has 0 aliphatic carbocycles. The van der Waals surface area contributed by atoms with Crippen LogP contribution in [-0.4, -0.2) is 49.6 Å². The molecule has 0 N–H and O–H groups in total. The van der Waals surface area contributed by atoms with E-state index in [9.17, 15) is 0 Å². The number of rotatable bonds is 5. The summed E-state index contributed by atoms with van der Waals surface area (Å²) in [6, 6.07) is 16.9. The van der Waals surface area contributed by atoms with Gasteiger partial charge in [0.2, 0.25) is 0 Å². The summed E-state index contributed by atoms with van der Waals surface area (Å²) in [5.74, 6) is 0. The van der Waals surface area contributed by atoms with Gasteiger partial charge in [0, 0.05) is 36.8 Å². The number of piperazine rings is 1. The number of hydrogen-bond donors (Lipinski definition) is 0. The first-order valence-corrected chi connectivity index (χ1v) is 8.85.